The van der Waals surface area contributed by atoms with Crippen LogP contribution >= 0.6 is 11.6 Å². The van der Waals surface area contributed by atoms with Crippen molar-refractivity contribution in [3.8, 4) is 5.75 Å². The molecule has 2 saturated heterocycles. The van der Waals surface area contributed by atoms with Crippen LogP contribution < -0.4 is 15.0 Å². The zero-order chi connectivity index (χ0) is 31.7. The molecule has 2 aliphatic heterocycles. The number of hydrogen-bond acceptors (Lipinski definition) is 10. The molecule has 2 aromatic rings. The van der Waals surface area contributed by atoms with Crippen molar-refractivity contribution in [2.45, 2.75) is 44.1 Å². The number of carbonyl (C=O) groups excluding carboxylic acids is 1. The molecular formula is C30H42ClF2N5O6. The average molecular weight is 642 g/mol. The van der Waals surface area contributed by atoms with Crippen molar-refractivity contribution >= 4 is 23.5 Å². The van der Waals surface area contributed by atoms with Crippen LogP contribution in [-0.2, 0) is 11.2 Å². The minimum atomic E-state index is -1.29. The molecule has 1 unspecified atom stereocenters. The number of nitrogens with one attached hydrogen (secondary N) is 1. The normalized spacial score (nSPS) is 19.5. The third-order valence-electron chi connectivity index (χ3n) is 8.62. The summed E-state index contributed by atoms with van der Waals surface area (Å²) >= 11 is 5.86. The Morgan fingerprint density at radius 3 is 2.34 bits per heavy atom. The Labute approximate surface area is 260 Å². The van der Waals surface area contributed by atoms with Crippen molar-refractivity contribution in [2.24, 2.45) is 11.3 Å². The van der Waals surface area contributed by atoms with E-state index in [9.17, 15) is 34.0 Å². The molecule has 244 valence electrons. The summed E-state index contributed by atoms with van der Waals surface area (Å²) in [7, 11) is 0. The fraction of sp³-hybridized carbons (Fsp3) is 0.633. The van der Waals surface area contributed by atoms with Crippen LogP contribution in [0.5, 0.6) is 5.75 Å². The van der Waals surface area contributed by atoms with Crippen LogP contribution in [0.4, 0.5) is 14.7 Å². The highest BCUT2D eigenvalue weighted by atomic mass is 35.5. The Bertz CT molecular complexity index is 1200. The minimum absolute atomic E-state index is 0.0401. The first-order chi connectivity index (χ1) is 21.1. The Balaban J connectivity index is 1.18. The molecule has 0 saturated carbocycles. The first-order valence-electron chi connectivity index (χ1n) is 15.0. The number of aromatic nitrogens is 2. The molecule has 1 amide bonds. The summed E-state index contributed by atoms with van der Waals surface area (Å²) in [5.41, 5.74) is -2.78. The van der Waals surface area contributed by atoms with Crippen molar-refractivity contribution in [1.29, 1.82) is 0 Å². The second-order valence-corrected chi connectivity index (χ2v) is 12.5. The summed E-state index contributed by atoms with van der Waals surface area (Å²) in [4.78, 5) is 24.9. The van der Waals surface area contributed by atoms with Gasteiger partial charge in [0, 0.05) is 50.4 Å². The van der Waals surface area contributed by atoms with E-state index in [1.54, 1.807) is 12.4 Å². The maximum atomic E-state index is 14.9. The fourth-order valence-corrected chi connectivity index (χ4v) is 5.74. The van der Waals surface area contributed by atoms with Crippen LogP contribution in [0.25, 0.3) is 0 Å². The Morgan fingerprint density at radius 1 is 1.09 bits per heavy atom. The third-order valence-corrected chi connectivity index (χ3v) is 8.81. The Hall–Kier alpha value is -2.68. The smallest absolute Gasteiger partial charge is 0.227 e. The molecule has 0 aliphatic carbocycles. The van der Waals surface area contributed by atoms with Crippen molar-refractivity contribution in [1.82, 2.24) is 20.2 Å². The first-order valence-corrected chi connectivity index (χ1v) is 15.3. The average Bonchev–Trinajstić information content (AvgIpc) is 3.42. The summed E-state index contributed by atoms with van der Waals surface area (Å²) in [6.45, 7) is 0.937. The number of aliphatic hydroxyl groups is 4. The number of anilines is 1. The number of carbonyl (C=O) groups is 1. The second-order valence-electron chi connectivity index (χ2n) is 12.0. The molecule has 0 spiro atoms. The highest BCUT2D eigenvalue weighted by molar-refractivity contribution is 6.30. The Morgan fingerprint density at radius 2 is 1.73 bits per heavy atom. The number of benzene rings is 1. The maximum Gasteiger partial charge on any atom is 0.227 e. The molecule has 0 radical (unpaired) electrons. The number of aliphatic hydroxyl groups excluding tert-OH is 3. The van der Waals surface area contributed by atoms with E-state index in [4.69, 9.17) is 16.3 Å². The summed E-state index contributed by atoms with van der Waals surface area (Å²) in [6.07, 6.45) is 6.55. The van der Waals surface area contributed by atoms with E-state index < -0.39 is 54.8 Å². The summed E-state index contributed by atoms with van der Waals surface area (Å²) in [5, 5.41) is 42.6. The van der Waals surface area contributed by atoms with Crippen LogP contribution in [-0.4, -0.2) is 112 Å². The fourth-order valence-electron chi connectivity index (χ4n) is 5.64. The van der Waals surface area contributed by atoms with Gasteiger partial charge in [-0.3, -0.25) is 4.79 Å². The standard InChI is InChI=1S/C30H42ClF2N5O6/c31-22-13-35-28(36-14-22)37-6-3-21(4-7-37)2-1-9-44-23-10-25(32)24(26(33)11-23)12-27(42)38-8-5-30(43,17-38)16-34-15-29(18-39,19-40)20-41/h10-11,13-14,21,34,39-41,43H,1-9,12,15-20H2. The van der Waals surface area contributed by atoms with Crippen LogP contribution in [0.3, 0.4) is 0 Å². The predicted molar refractivity (Wildman–Crippen MR) is 159 cm³/mol. The van der Waals surface area contributed by atoms with E-state index >= 15 is 0 Å². The van der Waals surface area contributed by atoms with Crippen molar-refractivity contribution in [2.75, 3.05) is 70.6 Å². The largest absolute Gasteiger partial charge is 0.493 e. The van der Waals surface area contributed by atoms with Gasteiger partial charge in [0.05, 0.1) is 67.8 Å². The van der Waals surface area contributed by atoms with E-state index in [0.717, 1.165) is 50.9 Å². The number of nitrogens with zero attached hydrogens (tertiary/aromatic N) is 4. The lowest BCUT2D eigenvalue weighted by atomic mass is 9.91. The SMILES string of the molecule is O=C(Cc1c(F)cc(OCCCC2CCN(c3ncc(Cl)cn3)CC2)cc1F)N1CCC(O)(CNCC(CO)(CO)CO)C1. The monoisotopic (exact) mass is 641 g/mol. The molecule has 2 aliphatic rings. The number of rotatable bonds is 15. The predicted octanol–water partition coefficient (Wildman–Crippen LogP) is 1.54. The third kappa shape index (κ3) is 8.95. The van der Waals surface area contributed by atoms with E-state index in [1.807, 2.05) is 0 Å². The molecule has 44 heavy (non-hydrogen) atoms. The second kappa shape index (κ2) is 15.5. The van der Waals surface area contributed by atoms with Gasteiger partial charge in [0.1, 0.15) is 17.4 Å². The van der Waals surface area contributed by atoms with Crippen molar-refractivity contribution < 1.29 is 38.7 Å². The van der Waals surface area contributed by atoms with Crippen LogP contribution in [0.1, 0.15) is 37.7 Å². The first kappa shape index (κ1) is 34.2. The van der Waals surface area contributed by atoms with E-state index in [1.165, 1.54) is 4.90 Å². The topological polar surface area (TPSA) is 152 Å². The van der Waals surface area contributed by atoms with E-state index in [-0.39, 0.29) is 43.9 Å². The van der Waals surface area contributed by atoms with Crippen molar-refractivity contribution in [3.05, 3.63) is 46.7 Å². The van der Waals surface area contributed by atoms with Gasteiger partial charge in [0.2, 0.25) is 11.9 Å². The van der Waals surface area contributed by atoms with Gasteiger partial charge < -0.3 is 40.3 Å². The molecule has 1 aromatic carbocycles. The van der Waals surface area contributed by atoms with Crippen LogP contribution in [0, 0.1) is 23.0 Å². The molecule has 3 heterocycles. The zero-order valence-electron chi connectivity index (χ0n) is 24.7. The van der Waals surface area contributed by atoms with Crippen molar-refractivity contribution in [3.63, 3.8) is 0 Å². The van der Waals surface area contributed by atoms with Gasteiger partial charge in [-0.2, -0.15) is 0 Å². The molecule has 11 nitrogen and oxygen atoms in total. The summed E-state index contributed by atoms with van der Waals surface area (Å²) < 4.78 is 35.3. The maximum absolute atomic E-state index is 14.9. The number of piperidine rings is 1. The molecule has 4 rings (SSSR count). The molecule has 5 N–H and O–H groups in total. The van der Waals surface area contributed by atoms with Gasteiger partial charge in [-0.15, -0.1) is 0 Å². The minimum Gasteiger partial charge on any atom is -0.493 e. The van der Waals surface area contributed by atoms with Gasteiger partial charge in [-0.05, 0) is 38.0 Å². The zero-order valence-corrected chi connectivity index (χ0v) is 25.5. The highest BCUT2D eigenvalue weighted by Gasteiger charge is 2.39. The lowest BCUT2D eigenvalue weighted by molar-refractivity contribution is -0.130. The number of amides is 1. The number of β-amino-alcohol motifs (C(OH)–C–C–N with tert-alkyl or cyclic N) is 1. The summed E-state index contributed by atoms with van der Waals surface area (Å²) in [6, 6.07) is 2.19. The van der Waals surface area contributed by atoms with E-state index in [0.29, 0.717) is 23.5 Å². The highest BCUT2D eigenvalue weighted by Crippen LogP contribution is 2.27. The van der Waals surface area contributed by atoms with Gasteiger partial charge in [0.15, 0.2) is 0 Å². The van der Waals surface area contributed by atoms with Crippen LogP contribution in [0.15, 0.2) is 24.5 Å². The van der Waals surface area contributed by atoms with Gasteiger partial charge in [-0.25, -0.2) is 18.7 Å². The number of halogens is 3. The molecular weight excluding hydrogens is 600 g/mol. The van der Waals surface area contributed by atoms with E-state index in [2.05, 4.69) is 20.2 Å². The molecule has 14 heteroatoms. The summed E-state index contributed by atoms with van der Waals surface area (Å²) in [5.74, 6) is -0.999. The number of likely N-dealkylation sites (tertiary alicyclic amines) is 1. The number of ether oxygens (including phenoxy) is 1. The van der Waals surface area contributed by atoms with Crippen LogP contribution in [0.2, 0.25) is 5.02 Å². The van der Waals surface area contributed by atoms with Gasteiger partial charge in [0.25, 0.3) is 0 Å². The molecule has 1 aromatic heterocycles. The quantitative estimate of drug-likeness (QED) is 0.181. The molecule has 2 fully saturated rings. The van der Waals surface area contributed by atoms with Gasteiger partial charge >= 0.3 is 0 Å². The molecule has 0 bridgehead atoms. The molecule has 1 atom stereocenters. The Kier molecular flexibility index (Phi) is 12.1. The lowest BCUT2D eigenvalue weighted by Gasteiger charge is -2.31. The number of hydrogen-bond donors (Lipinski definition) is 5. The lowest BCUT2D eigenvalue weighted by Crippen LogP contribution is -2.49. The van der Waals surface area contributed by atoms with Gasteiger partial charge in [-0.1, -0.05) is 11.6 Å².